The molecule has 0 bridgehead atoms. The van der Waals surface area contributed by atoms with Crippen LogP contribution >= 0.6 is 0 Å². The van der Waals surface area contributed by atoms with Gasteiger partial charge in [0.15, 0.2) is 0 Å². The predicted octanol–water partition coefficient (Wildman–Crippen LogP) is 1.91. The monoisotopic (exact) mass is 420 g/mol. The van der Waals surface area contributed by atoms with Crippen LogP contribution in [0.1, 0.15) is 11.1 Å². The standard InChI is InChI=1S/C20H25FN4O3S/c1-22-29(27,28)15-17-7-3-2-6-16(17)14-23-20(26)25-12-10-24(11-13-25)19-9-5-4-8-18(19)21/h2-9,22H,10-15H2,1H3,(H,23,26). The molecule has 3 rings (SSSR count). The van der Waals surface area contributed by atoms with Gasteiger partial charge in [0.25, 0.3) is 0 Å². The first kappa shape index (κ1) is 21.1. The van der Waals surface area contributed by atoms with E-state index in [9.17, 15) is 17.6 Å². The second kappa shape index (κ2) is 9.23. The zero-order chi connectivity index (χ0) is 20.9. The van der Waals surface area contributed by atoms with Gasteiger partial charge < -0.3 is 15.1 Å². The molecule has 0 atom stereocenters. The van der Waals surface area contributed by atoms with Crippen molar-refractivity contribution in [1.29, 1.82) is 0 Å². The molecule has 2 aromatic rings. The van der Waals surface area contributed by atoms with Gasteiger partial charge in [0, 0.05) is 32.7 Å². The topological polar surface area (TPSA) is 81.8 Å². The third-order valence-electron chi connectivity index (χ3n) is 4.97. The molecular formula is C20H25FN4O3S. The molecule has 2 amide bonds. The number of para-hydroxylation sites is 1. The second-order valence-corrected chi connectivity index (χ2v) is 8.74. The maximum atomic E-state index is 13.9. The summed E-state index contributed by atoms with van der Waals surface area (Å²) in [4.78, 5) is 16.1. The summed E-state index contributed by atoms with van der Waals surface area (Å²) in [6.07, 6.45) is 0. The maximum Gasteiger partial charge on any atom is 0.317 e. The summed E-state index contributed by atoms with van der Waals surface area (Å²) in [5.74, 6) is -0.407. The molecule has 0 saturated carbocycles. The van der Waals surface area contributed by atoms with Gasteiger partial charge in [-0.3, -0.25) is 0 Å². The molecule has 0 unspecified atom stereocenters. The molecular weight excluding hydrogens is 395 g/mol. The Hall–Kier alpha value is -2.65. The SMILES string of the molecule is CNS(=O)(=O)Cc1ccccc1CNC(=O)N1CCN(c2ccccc2F)CC1. The van der Waals surface area contributed by atoms with Gasteiger partial charge in [-0.2, -0.15) is 0 Å². The van der Waals surface area contributed by atoms with E-state index in [0.29, 0.717) is 37.4 Å². The molecule has 1 aliphatic rings. The van der Waals surface area contributed by atoms with Crippen LogP contribution in [0.25, 0.3) is 0 Å². The molecule has 2 N–H and O–H groups in total. The molecule has 156 valence electrons. The molecule has 1 saturated heterocycles. The number of benzene rings is 2. The van der Waals surface area contributed by atoms with Crippen molar-refractivity contribution in [3.8, 4) is 0 Å². The lowest BCUT2D eigenvalue weighted by Gasteiger charge is -2.36. The summed E-state index contributed by atoms with van der Waals surface area (Å²) in [6.45, 7) is 2.30. The number of nitrogens with zero attached hydrogens (tertiary/aromatic N) is 2. The minimum atomic E-state index is -3.40. The van der Waals surface area contributed by atoms with E-state index in [0.717, 1.165) is 5.56 Å². The third kappa shape index (κ3) is 5.45. The first-order valence-corrected chi connectivity index (χ1v) is 11.0. The van der Waals surface area contributed by atoms with E-state index in [2.05, 4.69) is 10.0 Å². The number of hydrogen-bond acceptors (Lipinski definition) is 4. The van der Waals surface area contributed by atoms with Crippen molar-refractivity contribution >= 4 is 21.7 Å². The molecule has 9 heteroatoms. The third-order valence-corrected chi connectivity index (χ3v) is 6.28. The quantitative estimate of drug-likeness (QED) is 0.748. The summed E-state index contributed by atoms with van der Waals surface area (Å²) in [5.41, 5.74) is 1.95. The van der Waals surface area contributed by atoms with Gasteiger partial charge in [-0.25, -0.2) is 22.3 Å². The van der Waals surface area contributed by atoms with Crippen LogP contribution in [0.4, 0.5) is 14.9 Å². The first-order chi connectivity index (χ1) is 13.9. The lowest BCUT2D eigenvalue weighted by molar-refractivity contribution is 0.194. The minimum absolute atomic E-state index is 0.142. The van der Waals surface area contributed by atoms with Gasteiger partial charge in [0.2, 0.25) is 10.0 Å². The molecule has 1 heterocycles. The summed E-state index contributed by atoms with van der Waals surface area (Å²) in [6, 6.07) is 13.5. The van der Waals surface area contributed by atoms with Crippen LogP contribution < -0.4 is 14.9 Å². The number of urea groups is 1. The van der Waals surface area contributed by atoms with Crippen molar-refractivity contribution in [3.05, 3.63) is 65.5 Å². The predicted molar refractivity (Wildman–Crippen MR) is 111 cm³/mol. The Bertz CT molecular complexity index is 960. The largest absolute Gasteiger partial charge is 0.366 e. The average molecular weight is 421 g/mol. The number of piperazine rings is 1. The molecule has 0 radical (unpaired) electrons. The molecule has 29 heavy (non-hydrogen) atoms. The highest BCUT2D eigenvalue weighted by Crippen LogP contribution is 2.20. The van der Waals surface area contributed by atoms with Crippen molar-refractivity contribution < 1.29 is 17.6 Å². The average Bonchev–Trinajstić information content (AvgIpc) is 2.73. The fraction of sp³-hybridized carbons (Fsp3) is 0.350. The maximum absolute atomic E-state index is 13.9. The first-order valence-electron chi connectivity index (χ1n) is 9.40. The number of halogens is 1. The smallest absolute Gasteiger partial charge is 0.317 e. The number of carbonyl (C=O) groups excluding carboxylic acids is 1. The second-order valence-electron chi connectivity index (χ2n) is 6.82. The van der Waals surface area contributed by atoms with E-state index >= 15 is 0 Å². The van der Waals surface area contributed by atoms with Gasteiger partial charge in [-0.1, -0.05) is 36.4 Å². The summed E-state index contributed by atoms with van der Waals surface area (Å²) < 4.78 is 39.9. The van der Waals surface area contributed by atoms with Crippen molar-refractivity contribution in [2.75, 3.05) is 38.1 Å². The summed E-state index contributed by atoms with van der Waals surface area (Å²) in [5, 5.41) is 2.86. The van der Waals surface area contributed by atoms with Crippen molar-refractivity contribution in [1.82, 2.24) is 14.9 Å². The van der Waals surface area contributed by atoms with E-state index in [1.807, 2.05) is 11.0 Å². The van der Waals surface area contributed by atoms with Gasteiger partial charge in [0.05, 0.1) is 11.4 Å². The Labute approximate surface area is 170 Å². The Kier molecular flexibility index (Phi) is 6.71. The lowest BCUT2D eigenvalue weighted by Crippen LogP contribution is -2.51. The zero-order valence-corrected chi connectivity index (χ0v) is 17.1. The molecule has 2 aromatic carbocycles. The van der Waals surface area contributed by atoms with Crippen LogP contribution in [-0.4, -0.2) is 52.6 Å². The van der Waals surface area contributed by atoms with E-state index < -0.39 is 10.0 Å². The van der Waals surface area contributed by atoms with Crippen LogP contribution in [0.2, 0.25) is 0 Å². The van der Waals surface area contributed by atoms with Gasteiger partial charge >= 0.3 is 6.03 Å². The van der Waals surface area contributed by atoms with Gasteiger partial charge in [0.1, 0.15) is 5.82 Å². The van der Waals surface area contributed by atoms with E-state index in [4.69, 9.17) is 0 Å². The number of anilines is 1. The van der Waals surface area contributed by atoms with Gasteiger partial charge in [-0.05, 0) is 30.3 Å². The molecule has 7 nitrogen and oxygen atoms in total. The number of amides is 2. The van der Waals surface area contributed by atoms with Crippen LogP contribution in [0, 0.1) is 5.82 Å². The Morgan fingerprint density at radius 1 is 1.00 bits per heavy atom. The Morgan fingerprint density at radius 3 is 2.28 bits per heavy atom. The van der Waals surface area contributed by atoms with Crippen LogP contribution in [0.15, 0.2) is 48.5 Å². The van der Waals surface area contributed by atoms with Crippen LogP contribution in [-0.2, 0) is 22.3 Å². The summed E-state index contributed by atoms with van der Waals surface area (Å²) in [7, 11) is -2.02. The number of hydrogen-bond donors (Lipinski definition) is 2. The highest BCUT2D eigenvalue weighted by atomic mass is 32.2. The number of sulfonamides is 1. The number of carbonyl (C=O) groups is 1. The zero-order valence-electron chi connectivity index (χ0n) is 16.3. The highest BCUT2D eigenvalue weighted by molar-refractivity contribution is 7.88. The fourth-order valence-corrected chi connectivity index (χ4v) is 4.12. The summed E-state index contributed by atoms with van der Waals surface area (Å²) >= 11 is 0. The molecule has 0 spiro atoms. The minimum Gasteiger partial charge on any atom is -0.366 e. The normalized spacial score (nSPS) is 14.7. The number of rotatable bonds is 6. The highest BCUT2D eigenvalue weighted by Gasteiger charge is 2.22. The van der Waals surface area contributed by atoms with Crippen LogP contribution in [0.3, 0.4) is 0 Å². The Morgan fingerprint density at radius 2 is 1.62 bits per heavy atom. The van der Waals surface area contributed by atoms with E-state index in [1.54, 1.807) is 41.3 Å². The molecule has 1 aliphatic heterocycles. The fourth-order valence-electron chi connectivity index (χ4n) is 3.29. The number of nitrogens with one attached hydrogen (secondary N) is 2. The molecule has 0 aromatic heterocycles. The molecule has 0 aliphatic carbocycles. The van der Waals surface area contributed by atoms with Crippen molar-refractivity contribution in [2.45, 2.75) is 12.3 Å². The lowest BCUT2D eigenvalue weighted by atomic mass is 10.1. The Balaban J connectivity index is 1.56. The molecule has 1 fully saturated rings. The van der Waals surface area contributed by atoms with Crippen molar-refractivity contribution in [3.63, 3.8) is 0 Å². The van der Waals surface area contributed by atoms with Crippen LogP contribution in [0.5, 0.6) is 0 Å². The van der Waals surface area contributed by atoms with Crippen molar-refractivity contribution in [2.24, 2.45) is 0 Å². The van der Waals surface area contributed by atoms with E-state index in [-0.39, 0.29) is 24.1 Å². The van der Waals surface area contributed by atoms with E-state index in [1.165, 1.54) is 13.1 Å². The van der Waals surface area contributed by atoms with Gasteiger partial charge in [-0.15, -0.1) is 0 Å².